The average molecular weight is 233 g/mol. The first-order valence-corrected chi connectivity index (χ1v) is 4.84. The van der Waals surface area contributed by atoms with Crippen LogP contribution in [0.2, 0.25) is 0 Å². The first kappa shape index (κ1) is 11.0. The molecule has 1 aliphatic heterocycles. The van der Waals surface area contributed by atoms with Gasteiger partial charge in [-0.05, 0) is 23.8 Å². The lowest BCUT2D eigenvalue weighted by Gasteiger charge is -2.03. The van der Waals surface area contributed by atoms with Gasteiger partial charge >= 0.3 is 0 Å². The van der Waals surface area contributed by atoms with Crippen molar-refractivity contribution in [3.05, 3.63) is 29.5 Å². The van der Waals surface area contributed by atoms with E-state index >= 15 is 0 Å². The number of ether oxygens (including phenoxy) is 1. The molecule has 0 atom stereocenters. The minimum absolute atomic E-state index is 0.0357. The lowest BCUT2D eigenvalue weighted by Crippen LogP contribution is -2.30. The molecule has 0 fully saturated rings. The molecule has 0 spiro atoms. The van der Waals surface area contributed by atoms with Crippen molar-refractivity contribution in [2.75, 3.05) is 7.11 Å². The van der Waals surface area contributed by atoms with Crippen LogP contribution < -0.4 is 15.8 Å². The fourth-order valence-electron chi connectivity index (χ4n) is 1.43. The van der Waals surface area contributed by atoms with Gasteiger partial charge in [-0.3, -0.25) is 10.1 Å². The van der Waals surface area contributed by atoms with Crippen molar-refractivity contribution in [3.8, 4) is 11.5 Å². The number of benzene rings is 1. The highest BCUT2D eigenvalue weighted by Crippen LogP contribution is 2.27. The summed E-state index contributed by atoms with van der Waals surface area (Å²) in [7, 11) is 1.45. The lowest BCUT2D eigenvalue weighted by atomic mass is 10.1. The van der Waals surface area contributed by atoms with E-state index < -0.39 is 0 Å². The molecule has 0 radical (unpaired) electrons. The Morgan fingerprint density at radius 3 is 2.88 bits per heavy atom. The van der Waals surface area contributed by atoms with E-state index in [9.17, 15) is 9.90 Å². The maximum atomic E-state index is 11.4. The van der Waals surface area contributed by atoms with E-state index in [1.54, 1.807) is 18.2 Å². The number of aromatic hydroxyl groups is 1. The number of nitrogens with one attached hydrogen (secondary N) is 1. The van der Waals surface area contributed by atoms with Crippen LogP contribution in [0, 0.1) is 0 Å². The third kappa shape index (κ3) is 2.20. The zero-order chi connectivity index (χ0) is 12.4. The average Bonchev–Trinajstić information content (AvgIpc) is 2.60. The van der Waals surface area contributed by atoms with Gasteiger partial charge in [0.25, 0.3) is 5.91 Å². The Morgan fingerprint density at radius 2 is 2.29 bits per heavy atom. The zero-order valence-electron chi connectivity index (χ0n) is 9.10. The van der Waals surface area contributed by atoms with Crippen molar-refractivity contribution in [1.29, 1.82) is 0 Å². The number of nitrogens with two attached hydrogens (primary N) is 1. The summed E-state index contributed by atoms with van der Waals surface area (Å²) >= 11 is 0. The monoisotopic (exact) mass is 233 g/mol. The molecule has 0 aliphatic carbocycles. The topological polar surface area (TPSA) is 96.9 Å². The predicted octanol–water partition coefficient (Wildman–Crippen LogP) is 0.186. The number of phenolic OH excluding ortho intramolecular Hbond substituents is 1. The maximum absolute atomic E-state index is 11.4. The third-order valence-corrected chi connectivity index (χ3v) is 2.22. The molecule has 4 N–H and O–H groups in total. The summed E-state index contributed by atoms with van der Waals surface area (Å²) in [5.41, 5.74) is 6.26. The first-order chi connectivity index (χ1) is 8.10. The minimum atomic E-state index is -0.352. The molecule has 6 nitrogen and oxygen atoms in total. The number of guanidine groups is 1. The molecule has 88 valence electrons. The molecular weight excluding hydrogens is 222 g/mol. The van der Waals surface area contributed by atoms with Crippen LogP contribution >= 0.6 is 0 Å². The molecule has 1 aromatic carbocycles. The smallest absolute Gasteiger partial charge is 0.276 e. The van der Waals surface area contributed by atoms with Crippen LogP contribution in [0.5, 0.6) is 11.5 Å². The molecule has 0 saturated heterocycles. The number of hydrogen-bond donors (Lipinski definition) is 3. The van der Waals surface area contributed by atoms with E-state index in [0.717, 1.165) is 0 Å². The van der Waals surface area contributed by atoms with Crippen molar-refractivity contribution >= 4 is 17.9 Å². The quantitative estimate of drug-likeness (QED) is 0.635. The molecule has 1 heterocycles. The van der Waals surface area contributed by atoms with E-state index in [2.05, 4.69) is 10.3 Å². The van der Waals surface area contributed by atoms with Crippen LogP contribution in [-0.4, -0.2) is 24.1 Å². The van der Waals surface area contributed by atoms with Gasteiger partial charge in [-0.2, -0.15) is 0 Å². The summed E-state index contributed by atoms with van der Waals surface area (Å²) in [6.07, 6.45) is 1.55. The summed E-state index contributed by atoms with van der Waals surface area (Å²) in [4.78, 5) is 15.2. The molecule has 1 amide bonds. The summed E-state index contributed by atoms with van der Waals surface area (Å²) in [5.74, 6) is 0.0878. The molecule has 0 aromatic heterocycles. The van der Waals surface area contributed by atoms with Gasteiger partial charge in [0.15, 0.2) is 11.5 Å². The largest absolute Gasteiger partial charge is 0.504 e. The molecule has 0 unspecified atom stereocenters. The van der Waals surface area contributed by atoms with E-state index in [1.165, 1.54) is 13.2 Å². The van der Waals surface area contributed by atoms with Crippen LogP contribution in [0.15, 0.2) is 28.9 Å². The number of amides is 1. The zero-order valence-corrected chi connectivity index (χ0v) is 9.10. The fourth-order valence-corrected chi connectivity index (χ4v) is 1.43. The van der Waals surface area contributed by atoms with Crippen molar-refractivity contribution in [2.24, 2.45) is 10.7 Å². The number of carbonyl (C=O) groups excluding carboxylic acids is 1. The second-order valence-corrected chi connectivity index (χ2v) is 3.41. The van der Waals surface area contributed by atoms with Gasteiger partial charge in [-0.25, -0.2) is 4.99 Å². The van der Waals surface area contributed by atoms with Gasteiger partial charge in [-0.15, -0.1) is 0 Å². The molecule has 1 aliphatic rings. The summed E-state index contributed by atoms with van der Waals surface area (Å²) in [6.45, 7) is 0. The van der Waals surface area contributed by atoms with E-state index in [-0.39, 0.29) is 23.3 Å². The van der Waals surface area contributed by atoms with Gasteiger partial charge < -0.3 is 15.6 Å². The second kappa shape index (κ2) is 4.17. The number of hydrogen-bond acceptors (Lipinski definition) is 5. The maximum Gasteiger partial charge on any atom is 0.276 e. The molecule has 2 rings (SSSR count). The first-order valence-electron chi connectivity index (χ1n) is 4.84. The van der Waals surface area contributed by atoms with Crippen molar-refractivity contribution in [2.45, 2.75) is 0 Å². The Bertz CT molecular complexity index is 535. The van der Waals surface area contributed by atoms with Crippen LogP contribution in [0.3, 0.4) is 0 Å². The van der Waals surface area contributed by atoms with Gasteiger partial charge in [0, 0.05) is 0 Å². The Hall–Kier alpha value is -2.50. The number of carbonyl (C=O) groups is 1. The van der Waals surface area contributed by atoms with Crippen LogP contribution in [0.25, 0.3) is 6.08 Å². The molecule has 17 heavy (non-hydrogen) atoms. The van der Waals surface area contributed by atoms with Gasteiger partial charge in [0.1, 0.15) is 5.70 Å². The van der Waals surface area contributed by atoms with Crippen LogP contribution in [0.4, 0.5) is 0 Å². The highest BCUT2D eigenvalue weighted by atomic mass is 16.5. The number of nitrogens with zero attached hydrogens (tertiary/aromatic N) is 1. The minimum Gasteiger partial charge on any atom is -0.504 e. The summed E-state index contributed by atoms with van der Waals surface area (Å²) < 4.78 is 4.96. The second-order valence-electron chi connectivity index (χ2n) is 3.41. The molecular formula is C11H11N3O3. The van der Waals surface area contributed by atoms with Gasteiger partial charge in [0.05, 0.1) is 7.11 Å². The van der Waals surface area contributed by atoms with Crippen LogP contribution in [0.1, 0.15) is 5.56 Å². The Balaban J connectivity index is 2.36. The van der Waals surface area contributed by atoms with E-state index in [0.29, 0.717) is 11.3 Å². The Morgan fingerprint density at radius 1 is 1.53 bits per heavy atom. The molecule has 6 heteroatoms. The summed E-state index contributed by atoms with van der Waals surface area (Å²) in [6, 6.07) is 4.72. The molecule has 0 saturated carbocycles. The van der Waals surface area contributed by atoms with Crippen molar-refractivity contribution < 1.29 is 14.6 Å². The molecule has 0 bridgehead atoms. The standard InChI is InChI=1S/C11H11N3O3/c1-17-9-5-6(2-3-8(9)15)4-7-10(16)14-11(12)13-7/h2-5,15H,1H3,(H3,12,13,14,16)/b7-4-. The number of phenols is 1. The fraction of sp³-hybridized carbons (Fsp3) is 0.0909. The van der Waals surface area contributed by atoms with Crippen molar-refractivity contribution in [1.82, 2.24) is 5.32 Å². The lowest BCUT2D eigenvalue weighted by molar-refractivity contribution is -0.115. The normalized spacial score (nSPS) is 16.9. The highest BCUT2D eigenvalue weighted by Gasteiger charge is 2.17. The van der Waals surface area contributed by atoms with Gasteiger partial charge in [-0.1, -0.05) is 6.07 Å². The van der Waals surface area contributed by atoms with E-state index in [1.807, 2.05) is 0 Å². The van der Waals surface area contributed by atoms with E-state index in [4.69, 9.17) is 10.5 Å². The number of methoxy groups -OCH3 is 1. The summed E-state index contributed by atoms with van der Waals surface area (Å²) in [5, 5.41) is 11.8. The Kier molecular flexibility index (Phi) is 2.70. The third-order valence-electron chi connectivity index (χ3n) is 2.22. The van der Waals surface area contributed by atoms with Gasteiger partial charge in [0.2, 0.25) is 5.96 Å². The highest BCUT2D eigenvalue weighted by molar-refractivity contribution is 6.13. The Labute approximate surface area is 97.4 Å². The SMILES string of the molecule is COc1cc(/C=C2\N=C(N)NC2=O)ccc1O. The number of rotatable bonds is 2. The number of aliphatic imine (C=N–C) groups is 1. The molecule has 1 aromatic rings. The predicted molar refractivity (Wildman–Crippen MR) is 62.4 cm³/mol. The van der Waals surface area contributed by atoms with Crippen LogP contribution in [-0.2, 0) is 4.79 Å². The van der Waals surface area contributed by atoms with Crippen molar-refractivity contribution in [3.63, 3.8) is 0 Å².